The molecule has 2 atom stereocenters. The van der Waals surface area contributed by atoms with Gasteiger partial charge in [0.2, 0.25) is 11.9 Å². The van der Waals surface area contributed by atoms with Gasteiger partial charge >= 0.3 is 0 Å². The zero-order valence-electron chi connectivity index (χ0n) is 20.6. The maximum absolute atomic E-state index is 13.9. The molecule has 0 saturated heterocycles. The lowest BCUT2D eigenvalue weighted by Gasteiger charge is -2.27. The monoisotopic (exact) mass is 484 g/mol. The molecule has 3 rings (SSSR count). The number of amides is 1. The highest BCUT2D eigenvalue weighted by Gasteiger charge is 2.24. The van der Waals surface area contributed by atoms with Crippen molar-refractivity contribution in [1.29, 1.82) is 0 Å². The van der Waals surface area contributed by atoms with Crippen LogP contribution in [-0.2, 0) is 11.3 Å². The number of rotatable bonds is 13. The summed E-state index contributed by atoms with van der Waals surface area (Å²) in [4.78, 5) is 25.3. The van der Waals surface area contributed by atoms with Gasteiger partial charge in [-0.05, 0) is 30.7 Å². The number of aromatic nitrogens is 3. The van der Waals surface area contributed by atoms with Gasteiger partial charge in [0, 0.05) is 31.3 Å². The molecule has 0 bridgehead atoms. The minimum Gasteiger partial charge on any atom is -0.497 e. The molecule has 0 spiro atoms. The second-order valence-electron chi connectivity index (χ2n) is 8.15. The molecule has 0 radical (unpaired) electrons. The zero-order valence-corrected chi connectivity index (χ0v) is 20.6. The number of alkyl halides is 1. The third kappa shape index (κ3) is 6.91. The Balaban J connectivity index is 1.90. The van der Waals surface area contributed by atoms with Gasteiger partial charge in [0.1, 0.15) is 23.7 Å². The number of anilines is 2. The molecule has 9 nitrogen and oxygen atoms in total. The molecule has 188 valence electrons. The third-order valence-electron chi connectivity index (χ3n) is 5.62. The van der Waals surface area contributed by atoms with E-state index in [1.165, 1.54) is 6.92 Å². The van der Waals surface area contributed by atoms with E-state index in [1.807, 2.05) is 24.3 Å². The van der Waals surface area contributed by atoms with Crippen LogP contribution in [0.15, 0.2) is 36.5 Å². The van der Waals surface area contributed by atoms with Gasteiger partial charge in [0.05, 0.1) is 31.8 Å². The number of hydrogen-bond acceptors (Lipinski definition) is 8. The molecule has 35 heavy (non-hydrogen) atoms. The summed E-state index contributed by atoms with van der Waals surface area (Å²) in [7, 11) is 3.21. The lowest BCUT2D eigenvalue weighted by molar-refractivity contribution is -0.119. The summed E-state index contributed by atoms with van der Waals surface area (Å²) in [6, 6.07) is 8.17. The van der Waals surface area contributed by atoms with Crippen LogP contribution in [0.4, 0.5) is 16.2 Å². The van der Waals surface area contributed by atoms with E-state index in [9.17, 15) is 9.18 Å². The minimum atomic E-state index is -0.695. The maximum Gasteiger partial charge on any atom is 0.225 e. The second kappa shape index (κ2) is 12.7. The van der Waals surface area contributed by atoms with Crippen molar-refractivity contribution in [3.05, 3.63) is 42.1 Å². The van der Waals surface area contributed by atoms with Gasteiger partial charge in [-0.25, -0.2) is 9.37 Å². The van der Waals surface area contributed by atoms with Gasteiger partial charge in [0.25, 0.3) is 0 Å². The topological polar surface area (TPSA) is 110 Å². The molecule has 3 aromatic rings. The number of nitrogens with zero attached hydrogens (tertiary/aromatic N) is 3. The summed E-state index contributed by atoms with van der Waals surface area (Å²) < 4.78 is 24.6. The number of hydrogen-bond donors (Lipinski definition) is 3. The molecule has 0 saturated carbocycles. The molecule has 0 aliphatic carbocycles. The summed E-state index contributed by atoms with van der Waals surface area (Å²) in [5, 5.41) is 9.29. The Bertz CT molecular complexity index is 1130. The number of halogens is 1. The quantitative estimate of drug-likeness (QED) is 0.333. The first-order valence-electron chi connectivity index (χ1n) is 11.7. The van der Waals surface area contributed by atoms with Crippen molar-refractivity contribution in [2.45, 2.75) is 51.7 Å². The number of nitrogens with one attached hydrogen (secondary N) is 3. The summed E-state index contributed by atoms with van der Waals surface area (Å²) in [5.74, 6) is 1.96. The standard InChI is InChI=1S/C25H33FN6O3/c1-5-6-8-19(21(14-26)29-16(2)33)30-24-23-20(9-7-12-27-23)31-25(32-24)28-15-17-10-11-18(34-3)13-22(17)35-4/h7,9-13,19,21H,5-6,8,14-15H2,1-4H3,(H,29,33)(H2,28,30,31,32)/t19-,21?/m1/s1. The van der Waals surface area contributed by atoms with Gasteiger partial charge < -0.3 is 25.4 Å². The number of benzene rings is 1. The number of unbranched alkanes of at least 4 members (excludes halogenated alkanes) is 1. The molecule has 1 amide bonds. The highest BCUT2D eigenvalue weighted by Crippen LogP contribution is 2.26. The molecular formula is C25H33FN6O3. The smallest absolute Gasteiger partial charge is 0.225 e. The lowest BCUT2D eigenvalue weighted by atomic mass is 10.0. The van der Waals surface area contributed by atoms with Crippen LogP contribution in [0.2, 0.25) is 0 Å². The number of fused-ring (bicyclic) bond motifs is 1. The first-order valence-corrected chi connectivity index (χ1v) is 11.7. The molecule has 1 unspecified atom stereocenters. The zero-order chi connectivity index (χ0) is 25.2. The van der Waals surface area contributed by atoms with Gasteiger partial charge in [-0.3, -0.25) is 9.78 Å². The molecule has 10 heteroatoms. The first-order chi connectivity index (χ1) is 17.0. The molecule has 0 aliphatic heterocycles. The van der Waals surface area contributed by atoms with Crippen LogP contribution < -0.4 is 25.4 Å². The fourth-order valence-electron chi connectivity index (χ4n) is 3.80. The van der Waals surface area contributed by atoms with Crippen molar-refractivity contribution in [3.8, 4) is 11.5 Å². The molecule has 2 aromatic heterocycles. The first kappa shape index (κ1) is 25.9. The van der Waals surface area contributed by atoms with Crippen molar-refractivity contribution in [1.82, 2.24) is 20.3 Å². The van der Waals surface area contributed by atoms with Crippen LogP contribution in [0.5, 0.6) is 11.5 Å². The molecule has 3 N–H and O–H groups in total. The Kier molecular flexibility index (Phi) is 9.39. The average molecular weight is 485 g/mol. The van der Waals surface area contributed by atoms with E-state index < -0.39 is 12.7 Å². The number of methoxy groups -OCH3 is 2. The third-order valence-corrected chi connectivity index (χ3v) is 5.62. The van der Waals surface area contributed by atoms with Crippen LogP contribution in [0.1, 0.15) is 38.7 Å². The Morgan fingerprint density at radius 1 is 1.14 bits per heavy atom. The van der Waals surface area contributed by atoms with Crippen LogP contribution >= 0.6 is 0 Å². The lowest BCUT2D eigenvalue weighted by Crippen LogP contribution is -2.47. The van der Waals surface area contributed by atoms with E-state index in [1.54, 1.807) is 26.5 Å². The molecule has 0 aliphatic rings. The predicted molar refractivity (Wildman–Crippen MR) is 135 cm³/mol. The van der Waals surface area contributed by atoms with Crippen molar-refractivity contribution < 1.29 is 18.7 Å². The van der Waals surface area contributed by atoms with Crippen molar-refractivity contribution >= 4 is 28.7 Å². The van der Waals surface area contributed by atoms with Gasteiger partial charge in [-0.1, -0.05) is 19.8 Å². The van der Waals surface area contributed by atoms with E-state index in [0.29, 0.717) is 47.3 Å². The molecule has 1 aromatic carbocycles. The van der Waals surface area contributed by atoms with Crippen molar-refractivity contribution in [3.63, 3.8) is 0 Å². The van der Waals surface area contributed by atoms with Crippen molar-refractivity contribution in [2.75, 3.05) is 31.5 Å². The summed E-state index contributed by atoms with van der Waals surface area (Å²) in [6.45, 7) is 3.17. The largest absolute Gasteiger partial charge is 0.497 e. The van der Waals surface area contributed by atoms with Crippen LogP contribution in [0.25, 0.3) is 11.0 Å². The van der Waals surface area contributed by atoms with Crippen LogP contribution in [0, 0.1) is 0 Å². The fourth-order valence-corrected chi connectivity index (χ4v) is 3.80. The Morgan fingerprint density at radius 2 is 1.97 bits per heavy atom. The number of carbonyl (C=O) groups is 1. The summed E-state index contributed by atoms with van der Waals surface area (Å²) in [5.41, 5.74) is 2.11. The normalized spacial score (nSPS) is 12.6. The Hall–Kier alpha value is -3.69. The van der Waals surface area contributed by atoms with Crippen LogP contribution in [-0.4, -0.2) is 53.8 Å². The van der Waals surface area contributed by atoms with E-state index in [2.05, 4.69) is 37.8 Å². The highest BCUT2D eigenvalue weighted by molar-refractivity contribution is 5.86. The maximum atomic E-state index is 13.9. The summed E-state index contributed by atoms with van der Waals surface area (Å²) in [6.07, 6.45) is 4.13. The van der Waals surface area contributed by atoms with Gasteiger partial charge in [0.15, 0.2) is 5.82 Å². The van der Waals surface area contributed by atoms with Gasteiger partial charge in [-0.2, -0.15) is 4.98 Å². The number of pyridine rings is 1. The van der Waals surface area contributed by atoms with E-state index in [0.717, 1.165) is 18.4 Å². The Labute approximate surface area is 204 Å². The fraction of sp³-hybridized carbons (Fsp3) is 0.440. The van der Waals surface area contributed by atoms with Crippen molar-refractivity contribution in [2.24, 2.45) is 0 Å². The van der Waals surface area contributed by atoms with E-state index >= 15 is 0 Å². The SMILES string of the molecule is CCCC[C@@H](Nc1nc(NCc2ccc(OC)cc2OC)nc2cccnc12)C(CF)NC(C)=O. The summed E-state index contributed by atoms with van der Waals surface area (Å²) >= 11 is 0. The number of carbonyl (C=O) groups excluding carboxylic acids is 1. The average Bonchev–Trinajstić information content (AvgIpc) is 2.88. The predicted octanol–water partition coefficient (Wildman–Crippen LogP) is 4.10. The molecule has 2 heterocycles. The van der Waals surface area contributed by atoms with Gasteiger partial charge in [-0.15, -0.1) is 0 Å². The Morgan fingerprint density at radius 3 is 2.66 bits per heavy atom. The van der Waals surface area contributed by atoms with E-state index in [-0.39, 0.29) is 11.9 Å². The highest BCUT2D eigenvalue weighted by atomic mass is 19.1. The number of ether oxygens (including phenoxy) is 2. The van der Waals surface area contributed by atoms with E-state index in [4.69, 9.17) is 9.47 Å². The second-order valence-corrected chi connectivity index (χ2v) is 8.15. The van der Waals surface area contributed by atoms with Crippen LogP contribution in [0.3, 0.4) is 0 Å². The minimum absolute atomic E-state index is 0.280. The molecule has 0 fully saturated rings. The molecular weight excluding hydrogens is 451 g/mol.